The van der Waals surface area contributed by atoms with Crippen molar-refractivity contribution in [2.45, 2.75) is 19.8 Å². The van der Waals surface area contributed by atoms with Crippen LogP contribution in [0.15, 0.2) is 47.2 Å². The molecule has 1 aliphatic heterocycles. The van der Waals surface area contributed by atoms with Gasteiger partial charge in [0.2, 0.25) is 5.88 Å². The molecular weight excluding hydrogens is 344 g/mol. The SMILES string of the molecule is Cc1ccoc1C(=O)Nc1ccc2c(OCC3CCOCC3)nccc2c1. The fourth-order valence-electron chi connectivity index (χ4n) is 3.25. The lowest BCUT2D eigenvalue weighted by Crippen LogP contribution is -2.21. The predicted molar refractivity (Wildman–Crippen MR) is 102 cm³/mol. The molecule has 0 radical (unpaired) electrons. The van der Waals surface area contributed by atoms with Gasteiger partial charge in [-0.15, -0.1) is 0 Å². The highest BCUT2D eigenvalue weighted by Gasteiger charge is 2.16. The van der Waals surface area contributed by atoms with E-state index in [-0.39, 0.29) is 5.91 Å². The minimum Gasteiger partial charge on any atom is -0.477 e. The third-order valence-electron chi connectivity index (χ3n) is 4.85. The molecule has 0 bridgehead atoms. The summed E-state index contributed by atoms with van der Waals surface area (Å²) in [4.78, 5) is 16.7. The van der Waals surface area contributed by atoms with Crippen LogP contribution in [0.3, 0.4) is 0 Å². The summed E-state index contributed by atoms with van der Waals surface area (Å²) in [5.74, 6) is 1.19. The van der Waals surface area contributed by atoms with E-state index in [9.17, 15) is 4.79 Å². The number of pyridine rings is 1. The van der Waals surface area contributed by atoms with E-state index in [4.69, 9.17) is 13.9 Å². The first kappa shape index (κ1) is 17.5. The minimum atomic E-state index is -0.262. The number of anilines is 1. The van der Waals surface area contributed by atoms with E-state index < -0.39 is 0 Å². The van der Waals surface area contributed by atoms with Gasteiger partial charge in [-0.1, -0.05) is 0 Å². The summed E-state index contributed by atoms with van der Waals surface area (Å²) in [5.41, 5.74) is 1.51. The standard InChI is InChI=1S/C21H22N2O4/c1-14-5-11-26-19(14)20(24)23-17-2-3-18-16(12-17)4-8-22-21(18)27-13-15-6-9-25-10-7-15/h2-5,8,11-12,15H,6-7,9-10,13H2,1H3,(H,23,24). The molecule has 0 spiro atoms. The summed E-state index contributed by atoms with van der Waals surface area (Å²) in [6.07, 6.45) is 5.28. The number of aryl methyl sites for hydroxylation is 1. The first-order valence-corrected chi connectivity index (χ1v) is 9.15. The number of nitrogens with one attached hydrogen (secondary N) is 1. The Morgan fingerprint density at radius 2 is 2.11 bits per heavy atom. The number of carbonyl (C=O) groups is 1. The Morgan fingerprint density at radius 3 is 2.89 bits per heavy atom. The summed E-state index contributed by atoms with van der Waals surface area (Å²) in [6.45, 7) is 4.09. The second kappa shape index (κ2) is 7.80. The van der Waals surface area contributed by atoms with Crippen molar-refractivity contribution in [2.75, 3.05) is 25.1 Å². The molecule has 1 fully saturated rings. The molecular formula is C21H22N2O4. The van der Waals surface area contributed by atoms with E-state index in [1.54, 1.807) is 12.3 Å². The summed E-state index contributed by atoms with van der Waals surface area (Å²) in [7, 11) is 0. The molecule has 6 heteroatoms. The van der Waals surface area contributed by atoms with Crippen molar-refractivity contribution in [1.82, 2.24) is 4.98 Å². The predicted octanol–water partition coefficient (Wildman–Crippen LogP) is 4.19. The van der Waals surface area contributed by atoms with Crippen LogP contribution in [0.2, 0.25) is 0 Å². The molecule has 0 unspecified atom stereocenters. The number of amides is 1. The fourth-order valence-corrected chi connectivity index (χ4v) is 3.25. The lowest BCUT2D eigenvalue weighted by molar-refractivity contribution is 0.0493. The highest BCUT2D eigenvalue weighted by Crippen LogP contribution is 2.27. The number of hydrogen-bond acceptors (Lipinski definition) is 5. The van der Waals surface area contributed by atoms with Gasteiger partial charge in [-0.25, -0.2) is 4.98 Å². The van der Waals surface area contributed by atoms with E-state index in [2.05, 4.69) is 10.3 Å². The largest absolute Gasteiger partial charge is 0.477 e. The van der Waals surface area contributed by atoms with Gasteiger partial charge >= 0.3 is 0 Å². The normalized spacial score (nSPS) is 15.0. The van der Waals surface area contributed by atoms with E-state index >= 15 is 0 Å². The lowest BCUT2D eigenvalue weighted by atomic mass is 10.0. The first-order valence-electron chi connectivity index (χ1n) is 9.15. The number of rotatable bonds is 5. The summed E-state index contributed by atoms with van der Waals surface area (Å²) >= 11 is 0. The number of carbonyl (C=O) groups excluding carboxylic acids is 1. The monoisotopic (exact) mass is 366 g/mol. The van der Waals surface area contributed by atoms with E-state index in [0.717, 1.165) is 42.4 Å². The lowest BCUT2D eigenvalue weighted by Gasteiger charge is -2.22. The van der Waals surface area contributed by atoms with Crippen molar-refractivity contribution in [3.63, 3.8) is 0 Å². The number of ether oxygens (including phenoxy) is 2. The maximum absolute atomic E-state index is 12.3. The van der Waals surface area contributed by atoms with Gasteiger partial charge in [-0.05, 0) is 61.4 Å². The maximum Gasteiger partial charge on any atom is 0.291 e. The molecule has 1 aliphatic rings. The van der Waals surface area contributed by atoms with Crippen LogP contribution in [0.25, 0.3) is 10.8 Å². The number of hydrogen-bond donors (Lipinski definition) is 1. The van der Waals surface area contributed by atoms with Crippen LogP contribution in [0.5, 0.6) is 5.88 Å². The van der Waals surface area contributed by atoms with Gasteiger partial charge in [0.05, 0.1) is 12.9 Å². The quantitative estimate of drug-likeness (QED) is 0.733. The van der Waals surface area contributed by atoms with E-state index in [0.29, 0.717) is 29.9 Å². The van der Waals surface area contributed by atoms with Gasteiger partial charge in [0.1, 0.15) is 0 Å². The highest BCUT2D eigenvalue weighted by molar-refractivity contribution is 6.04. The fraction of sp³-hybridized carbons (Fsp3) is 0.333. The van der Waals surface area contributed by atoms with Crippen LogP contribution in [0.1, 0.15) is 29.0 Å². The summed E-state index contributed by atoms with van der Waals surface area (Å²) < 4.78 is 16.6. The number of aromatic nitrogens is 1. The number of benzene rings is 1. The van der Waals surface area contributed by atoms with Crippen molar-refractivity contribution < 1.29 is 18.7 Å². The van der Waals surface area contributed by atoms with Crippen LogP contribution in [0.4, 0.5) is 5.69 Å². The molecule has 6 nitrogen and oxygen atoms in total. The van der Waals surface area contributed by atoms with E-state index in [1.807, 2.05) is 31.2 Å². The van der Waals surface area contributed by atoms with E-state index in [1.165, 1.54) is 6.26 Å². The zero-order valence-corrected chi connectivity index (χ0v) is 15.2. The second-order valence-corrected chi connectivity index (χ2v) is 6.81. The average Bonchev–Trinajstić information content (AvgIpc) is 3.13. The van der Waals surface area contributed by atoms with Crippen molar-refractivity contribution in [3.05, 3.63) is 54.1 Å². The van der Waals surface area contributed by atoms with Gasteiger partial charge in [0.25, 0.3) is 5.91 Å². The number of nitrogens with zero attached hydrogens (tertiary/aromatic N) is 1. The van der Waals surface area contributed by atoms with Crippen molar-refractivity contribution >= 4 is 22.4 Å². The Bertz CT molecular complexity index is 944. The summed E-state index contributed by atoms with van der Waals surface area (Å²) in [5, 5.41) is 4.76. The Balaban J connectivity index is 1.49. The topological polar surface area (TPSA) is 73.6 Å². The van der Waals surface area contributed by atoms with Gasteiger partial charge in [-0.3, -0.25) is 4.79 Å². The molecule has 1 N–H and O–H groups in total. The zero-order chi connectivity index (χ0) is 18.6. The van der Waals surface area contributed by atoms with Crippen molar-refractivity contribution in [2.24, 2.45) is 5.92 Å². The molecule has 0 aliphatic carbocycles. The number of fused-ring (bicyclic) bond motifs is 1. The molecule has 3 heterocycles. The molecule has 27 heavy (non-hydrogen) atoms. The smallest absolute Gasteiger partial charge is 0.291 e. The molecule has 1 aromatic carbocycles. The molecule has 0 saturated carbocycles. The minimum absolute atomic E-state index is 0.262. The van der Waals surface area contributed by atoms with Crippen molar-refractivity contribution in [1.29, 1.82) is 0 Å². The Hall–Kier alpha value is -2.86. The van der Waals surface area contributed by atoms with Crippen molar-refractivity contribution in [3.8, 4) is 5.88 Å². The average molecular weight is 366 g/mol. The zero-order valence-electron chi connectivity index (χ0n) is 15.2. The molecule has 0 atom stereocenters. The summed E-state index contributed by atoms with van der Waals surface area (Å²) in [6, 6.07) is 9.36. The van der Waals surface area contributed by atoms with Crippen LogP contribution in [-0.4, -0.2) is 30.7 Å². The third-order valence-corrected chi connectivity index (χ3v) is 4.85. The Kier molecular flexibility index (Phi) is 5.07. The second-order valence-electron chi connectivity index (χ2n) is 6.81. The molecule has 4 rings (SSSR count). The van der Waals surface area contributed by atoms with Gasteiger partial charge in [-0.2, -0.15) is 0 Å². The first-order chi connectivity index (χ1) is 13.2. The van der Waals surface area contributed by atoms with Gasteiger partial charge in [0, 0.05) is 36.0 Å². The maximum atomic E-state index is 12.3. The Labute approximate surface area is 157 Å². The van der Waals surface area contributed by atoms with Crippen LogP contribution in [-0.2, 0) is 4.74 Å². The molecule has 2 aromatic heterocycles. The molecule has 3 aromatic rings. The molecule has 140 valence electrons. The van der Waals surface area contributed by atoms with Crippen LogP contribution < -0.4 is 10.1 Å². The van der Waals surface area contributed by atoms with Gasteiger partial charge < -0.3 is 19.2 Å². The van der Waals surface area contributed by atoms with Crippen LogP contribution >= 0.6 is 0 Å². The Morgan fingerprint density at radius 1 is 1.26 bits per heavy atom. The molecule has 1 amide bonds. The van der Waals surface area contributed by atoms with Gasteiger partial charge in [0.15, 0.2) is 5.76 Å². The third kappa shape index (κ3) is 3.95. The van der Waals surface area contributed by atoms with Crippen LogP contribution in [0, 0.1) is 12.8 Å². The highest BCUT2D eigenvalue weighted by atomic mass is 16.5. The molecule has 1 saturated heterocycles. The number of furan rings is 1.